The average molecular weight is 302 g/mol. The number of hydrogen-bond donors (Lipinski definition) is 1. The zero-order valence-corrected chi connectivity index (χ0v) is 13.6. The summed E-state index contributed by atoms with van der Waals surface area (Å²) in [5.74, 6) is 0.546. The van der Waals surface area contributed by atoms with Gasteiger partial charge in [-0.3, -0.25) is 0 Å². The van der Waals surface area contributed by atoms with Crippen molar-refractivity contribution in [2.45, 2.75) is 39.3 Å². The maximum Gasteiger partial charge on any atom is 0.408 e. The molecule has 1 unspecified atom stereocenters. The Morgan fingerprint density at radius 3 is 2.59 bits per heavy atom. The van der Waals surface area contributed by atoms with Gasteiger partial charge in [0.05, 0.1) is 18.7 Å². The smallest absolute Gasteiger partial charge is 0.408 e. The second kappa shape index (κ2) is 6.22. The Morgan fingerprint density at radius 2 is 1.95 bits per heavy atom. The van der Waals surface area contributed by atoms with Crippen LogP contribution in [0.5, 0.6) is 5.88 Å². The molecule has 1 amide bonds. The van der Waals surface area contributed by atoms with E-state index in [1.165, 1.54) is 0 Å². The molecule has 5 nitrogen and oxygen atoms in total. The number of hydrogen-bond acceptors (Lipinski definition) is 4. The highest BCUT2D eigenvalue weighted by Gasteiger charge is 2.19. The number of nitrogens with one attached hydrogen (secondary N) is 1. The Labute approximate surface area is 130 Å². The van der Waals surface area contributed by atoms with Crippen LogP contribution in [0.3, 0.4) is 0 Å². The van der Waals surface area contributed by atoms with Crippen molar-refractivity contribution >= 4 is 17.0 Å². The Bertz CT molecular complexity index is 677. The van der Waals surface area contributed by atoms with Crippen molar-refractivity contribution in [3.63, 3.8) is 0 Å². The van der Waals surface area contributed by atoms with Crippen LogP contribution in [-0.4, -0.2) is 23.8 Å². The molecule has 0 aliphatic rings. The third kappa shape index (κ3) is 3.87. The monoisotopic (exact) mass is 302 g/mol. The van der Waals surface area contributed by atoms with Crippen LogP contribution >= 0.6 is 0 Å². The third-order valence-electron chi connectivity index (χ3n) is 3.13. The van der Waals surface area contributed by atoms with Crippen molar-refractivity contribution in [1.82, 2.24) is 10.3 Å². The number of fused-ring (bicyclic) bond motifs is 1. The van der Waals surface area contributed by atoms with Crippen molar-refractivity contribution in [3.8, 4) is 5.88 Å². The minimum atomic E-state index is -0.524. The maximum absolute atomic E-state index is 11.9. The standard InChI is InChI=1S/C17H22N2O3/c1-11(18-16(20)22-17(2,3)4)13-8-6-7-12-9-10-14(21-5)19-15(12)13/h6-11H,1-5H3,(H,18,20). The molecule has 22 heavy (non-hydrogen) atoms. The van der Waals surface area contributed by atoms with Gasteiger partial charge in [0, 0.05) is 17.0 Å². The molecule has 2 aromatic rings. The zero-order valence-electron chi connectivity index (χ0n) is 13.6. The summed E-state index contributed by atoms with van der Waals surface area (Å²) in [6.45, 7) is 7.41. The normalized spacial score (nSPS) is 12.8. The van der Waals surface area contributed by atoms with Crippen LogP contribution in [0.4, 0.5) is 4.79 Å². The molecule has 0 aliphatic carbocycles. The van der Waals surface area contributed by atoms with Crippen LogP contribution in [0.1, 0.15) is 39.3 Å². The SMILES string of the molecule is COc1ccc2cccc(C(C)NC(=O)OC(C)(C)C)c2n1. The molecule has 0 saturated carbocycles. The van der Waals surface area contributed by atoms with E-state index in [1.807, 2.05) is 58.0 Å². The molecule has 0 spiro atoms. The van der Waals surface area contributed by atoms with Crippen molar-refractivity contribution < 1.29 is 14.3 Å². The van der Waals surface area contributed by atoms with Gasteiger partial charge in [-0.1, -0.05) is 18.2 Å². The molecule has 0 bridgehead atoms. The summed E-state index contributed by atoms with van der Waals surface area (Å²) in [4.78, 5) is 16.4. The second-order valence-electron chi connectivity index (χ2n) is 6.14. The molecule has 118 valence electrons. The Kier molecular flexibility index (Phi) is 4.54. The minimum Gasteiger partial charge on any atom is -0.481 e. The summed E-state index contributed by atoms with van der Waals surface area (Å²) in [5, 5.41) is 3.84. The lowest BCUT2D eigenvalue weighted by atomic mass is 10.0. The molecule has 5 heteroatoms. The summed E-state index contributed by atoms with van der Waals surface area (Å²) >= 11 is 0. The fourth-order valence-corrected chi connectivity index (χ4v) is 2.18. The lowest BCUT2D eigenvalue weighted by molar-refractivity contribution is 0.0508. The predicted octanol–water partition coefficient (Wildman–Crippen LogP) is 3.83. The van der Waals surface area contributed by atoms with Crippen LogP contribution in [-0.2, 0) is 4.74 Å². The topological polar surface area (TPSA) is 60.5 Å². The van der Waals surface area contributed by atoms with Gasteiger partial charge in [0.2, 0.25) is 5.88 Å². The number of benzene rings is 1. The van der Waals surface area contributed by atoms with Crippen LogP contribution < -0.4 is 10.1 Å². The van der Waals surface area contributed by atoms with Crippen molar-refractivity contribution in [1.29, 1.82) is 0 Å². The molecular formula is C17H22N2O3. The Balaban J connectivity index is 2.27. The number of carbonyl (C=O) groups is 1. The number of methoxy groups -OCH3 is 1. The summed E-state index contributed by atoms with van der Waals surface area (Å²) in [6.07, 6.45) is -0.445. The fourth-order valence-electron chi connectivity index (χ4n) is 2.18. The lowest BCUT2D eigenvalue weighted by Crippen LogP contribution is -2.34. The van der Waals surface area contributed by atoms with E-state index in [0.717, 1.165) is 16.5 Å². The molecule has 0 radical (unpaired) electrons. The molecular weight excluding hydrogens is 280 g/mol. The number of rotatable bonds is 3. The molecule has 2 rings (SSSR count). The van der Waals surface area contributed by atoms with Crippen molar-refractivity contribution in [2.24, 2.45) is 0 Å². The van der Waals surface area contributed by atoms with Gasteiger partial charge >= 0.3 is 6.09 Å². The highest BCUT2D eigenvalue weighted by molar-refractivity contribution is 5.83. The Morgan fingerprint density at radius 1 is 1.23 bits per heavy atom. The van der Waals surface area contributed by atoms with Crippen molar-refractivity contribution in [2.75, 3.05) is 7.11 Å². The number of pyridine rings is 1. The highest BCUT2D eigenvalue weighted by atomic mass is 16.6. The zero-order chi connectivity index (χ0) is 16.3. The molecule has 1 aromatic carbocycles. The van der Waals surface area contributed by atoms with Crippen LogP contribution in [0.25, 0.3) is 10.9 Å². The summed E-state index contributed by atoms with van der Waals surface area (Å²) in [7, 11) is 1.58. The number of nitrogens with zero attached hydrogens (tertiary/aromatic N) is 1. The number of aromatic nitrogens is 1. The van der Waals surface area contributed by atoms with Crippen LogP contribution in [0.2, 0.25) is 0 Å². The van der Waals surface area contributed by atoms with Gasteiger partial charge in [-0.15, -0.1) is 0 Å². The van der Waals surface area contributed by atoms with E-state index in [0.29, 0.717) is 5.88 Å². The average Bonchev–Trinajstić information content (AvgIpc) is 2.43. The summed E-state index contributed by atoms with van der Waals surface area (Å²) in [6, 6.07) is 9.41. The number of carbonyl (C=O) groups excluding carboxylic acids is 1. The summed E-state index contributed by atoms with van der Waals surface area (Å²) < 4.78 is 10.5. The van der Waals surface area contributed by atoms with Gasteiger partial charge in [-0.05, 0) is 33.8 Å². The van der Waals surface area contributed by atoms with E-state index >= 15 is 0 Å². The van der Waals surface area contributed by atoms with Crippen LogP contribution in [0, 0.1) is 0 Å². The first-order chi connectivity index (χ1) is 10.3. The number of amides is 1. The van der Waals surface area contributed by atoms with Gasteiger partial charge in [0.15, 0.2) is 0 Å². The predicted molar refractivity (Wildman–Crippen MR) is 86.1 cm³/mol. The third-order valence-corrected chi connectivity index (χ3v) is 3.13. The molecule has 1 atom stereocenters. The van der Waals surface area contributed by atoms with Gasteiger partial charge < -0.3 is 14.8 Å². The number of para-hydroxylation sites is 1. The lowest BCUT2D eigenvalue weighted by Gasteiger charge is -2.22. The molecule has 0 fully saturated rings. The molecule has 0 aliphatic heterocycles. The number of ether oxygens (including phenoxy) is 2. The fraction of sp³-hybridized carbons (Fsp3) is 0.412. The largest absolute Gasteiger partial charge is 0.481 e. The van der Waals surface area contributed by atoms with E-state index < -0.39 is 11.7 Å². The number of alkyl carbamates (subject to hydrolysis) is 1. The van der Waals surface area contributed by atoms with E-state index in [-0.39, 0.29) is 6.04 Å². The molecule has 1 aromatic heterocycles. The van der Waals surface area contributed by atoms with Gasteiger partial charge in [-0.25, -0.2) is 9.78 Å². The first-order valence-electron chi connectivity index (χ1n) is 7.23. The Hall–Kier alpha value is -2.30. The van der Waals surface area contributed by atoms with Crippen molar-refractivity contribution in [3.05, 3.63) is 35.9 Å². The van der Waals surface area contributed by atoms with E-state index in [2.05, 4.69) is 10.3 Å². The van der Waals surface area contributed by atoms with Gasteiger partial charge in [0.1, 0.15) is 5.60 Å². The minimum absolute atomic E-state index is 0.224. The van der Waals surface area contributed by atoms with Crippen LogP contribution in [0.15, 0.2) is 30.3 Å². The molecule has 1 N–H and O–H groups in total. The van der Waals surface area contributed by atoms with E-state index in [4.69, 9.17) is 9.47 Å². The quantitative estimate of drug-likeness (QED) is 0.936. The second-order valence-corrected chi connectivity index (χ2v) is 6.14. The van der Waals surface area contributed by atoms with E-state index in [9.17, 15) is 4.79 Å². The maximum atomic E-state index is 11.9. The van der Waals surface area contributed by atoms with Gasteiger partial charge in [-0.2, -0.15) is 0 Å². The first kappa shape index (κ1) is 16.1. The highest BCUT2D eigenvalue weighted by Crippen LogP contribution is 2.25. The summed E-state index contributed by atoms with van der Waals surface area (Å²) in [5.41, 5.74) is 1.21. The van der Waals surface area contributed by atoms with E-state index in [1.54, 1.807) is 7.11 Å². The molecule has 1 heterocycles. The molecule has 0 saturated heterocycles. The van der Waals surface area contributed by atoms with Gasteiger partial charge in [0.25, 0.3) is 0 Å². The first-order valence-corrected chi connectivity index (χ1v) is 7.23.